The van der Waals surface area contributed by atoms with E-state index in [2.05, 4.69) is 19.1 Å². The number of hydrogen-bond donors (Lipinski definition) is 0. The van der Waals surface area contributed by atoms with Gasteiger partial charge in [-0.05, 0) is 41.5 Å². The molecule has 0 fully saturated rings. The fourth-order valence-electron chi connectivity index (χ4n) is 2.42. The van der Waals surface area contributed by atoms with E-state index >= 15 is 0 Å². The second kappa shape index (κ2) is 3.74. The summed E-state index contributed by atoms with van der Waals surface area (Å²) in [5.41, 5.74) is 2.60. The van der Waals surface area contributed by atoms with E-state index in [-0.39, 0.29) is 11.2 Å². The van der Waals surface area contributed by atoms with Crippen LogP contribution in [0.25, 0.3) is 0 Å². The molecule has 1 aromatic carbocycles. The fraction of sp³-hybridized carbons (Fsp3) is 0.417. The van der Waals surface area contributed by atoms with Gasteiger partial charge in [-0.1, -0.05) is 31.2 Å². The second-order valence-electron chi connectivity index (χ2n) is 3.83. The summed E-state index contributed by atoms with van der Waals surface area (Å²) >= 11 is 5.61. The predicted octanol–water partition coefficient (Wildman–Crippen LogP) is 3.12. The molecule has 0 saturated heterocycles. The molecule has 2 rings (SSSR count). The molecule has 0 aromatic heterocycles. The van der Waals surface area contributed by atoms with Crippen molar-refractivity contribution in [3.8, 4) is 0 Å². The molecule has 1 aliphatic rings. The Labute approximate surface area is 89.1 Å². The van der Waals surface area contributed by atoms with Gasteiger partial charge in [0.25, 0.3) is 0 Å². The lowest BCUT2D eigenvalue weighted by Crippen LogP contribution is -2.13. The molecular weight excluding hydrogens is 196 g/mol. The first-order chi connectivity index (χ1) is 6.74. The summed E-state index contributed by atoms with van der Waals surface area (Å²) in [7, 11) is 0. The van der Waals surface area contributed by atoms with Crippen LogP contribution >= 0.6 is 11.6 Å². The van der Waals surface area contributed by atoms with Crippen LogP contribution in [0.3, 0.4) is 0 Å². The lowest BCUT2D eigenvalue weighted by Gasteiger charge is -2.14. The van der Waals surface area contributed by atoms with Gasteiger partial charge in [-0.3, -0.25) is 4.79 Å². The minimum absolute atomic E-state index is 0.000864. The monoisotopic (exact) mass is 208 g/mol. The summed E-state index contributed by atoms with van der Waals surface area (Å²) in [4.78, 5) is 11.2. The van der Waals surface area contributed by atoms with Gasteiger partial charge in [0.2, 0.25) is 5.24 Å². The highest BCUT2D eigenvalue weighted by atomic mass is 35.5. The molecule has 14 heavy (non-hydrogen) atoms. The average Bonchev–Trinajstić information content (AvgIpc) is 2.56. The minimum atomic E-state index is -0.187. The first-order valence-electron chi connectivity index (χ1n) is 5.01. The van der Waals surface area contributed by atoms with Gasteiger partial charge >= 0.3 is 0 Å². The Morgan fingerprint density at radius 3 is 2.86 bits per heavy atom. The van der Waals surface area contributed by atoms with Crippen LogP contribution in [-0.2, 0) is 11.2 Å². The van der Waals surface area contributed by atoms with Crippen molar-refractivity contribution in [2.45, 2.75) is 25.7 Å². The van der Waals surface area contributed by atoms with E-state index in [1.807, 2.05) is 12.1 Å². The van der Waals surface area contributed by atoms with Crippen molar-refractivity contribution in [3.63, 3.8) is 0 Å². The van der Waals surface area contributed by atoms with Crippen molar-refractivity contribution >= 4 is 16.8 Å². The summed E-state index contributed by atoms with van der Waals surface area (Å²) in [5, 5.41) is -0.187. The number of carbonyl (C=O) groups excluding carboxylic acids is 1. The molecule has 2 atom stereocenters. The normalized spacial score (nSPS) is 24.7. The molecule has 0 saturated carbocycles. The highest BCUT2D eigenvalue weighted by molar-refractivity contribution is 6.64. The van der Waals surface area contributed by atoms with Gasteiger partial charge < -0.3 is 0 Å². The third kappa shape index (κ3) is 1.46. The largest absolute Gasteiger partial charge is 0.281 e. The third-order valence-electron chi connectivity index (χ3n) is 3.11. The van der Waals surface area contributed by atoms with Gasteiger partial charge in [-0.15, -0.1) is 0 Å². The van der Waals surface area contributed by atoms with Gasteiger partial charge in [0.15, 0.2) is 0 Å². The maximum atomic E-state index is 11.2. The first kappa shape index (κ1) is 9.72. The molecule has 0 bridgehead atoms. The topological polar surface area (TPSA) is 17.1 Å². The SMILES string of the molecule is CCC1c2ccccc2CC1C(=O)Cl. The summed E-state index contributed by atoms with van der Waals surface area (Å²) in [6, 6.07) is 8.26. The number of rotatable bonds is 2. The summed E-state index contributed by atoms with van der Waals surface area (Å²) in [6.45, 7) is 2.11. The van der Waals surface area contributed by atoms with Crippen LogP contribution in [0.15, 0.2) is 24.3 Å². The second-order valence-corrected chi connectivity index (χ2v) is 4.20. The maximum absolute atomic E-state index is 11.2. The van der Waals surface area contributed by atoms with E-state index in [0.717, 1.165) is 12.8 Å². The third-order valence-corrected chi connectivity index (χ3v) is 3.39. The Hall–Kier alpha value is -0.820. The fourth-order valence-corrected chi connectivity index (χ4v) is 2.65. The highest BCUT2D eigenvalue weighted by Crippen LogP contribution is 2.40. The van der Waals surface area contributed by atoms with Gasteiger partial charge in [0.1, 0.15) is 0 Å². The van der Waals surface area contributed by atoms with Crippen molar-refractivity contribution in [1.82, 2.24) is 0 Å². The van der Waals surface area contributed by atoms with E-state index in [4.69, 9.17) is 11.6 Å². The molecule has 0 spiro atoms. The zero-order chi connectivity index (χ0) is 10.1. The van der Waals surface area contributed by atoms with E-state index in [9.17, 15) is 4.79 Å². The average molecular weight is 209 g/mol. The molecular formula is C12H13ClO. The van der Waals surface area contributed by atoms with Crippen molar-refractivity contribution in [1.29, 1.82) is 0 Å². The minimum Gasteiger partial charge on any atom is -0.281 e. The molecule has 0 heterocycles. The highest BCUT2D eigenvalue weighted by Gasteiger charge is 2.34. The number of halogens is 1. The predicted molar refractivity (Wildman–Crippen MR) is 57.5 cm³/mol. The number of hydrogen-bond acceptors (Lipinski definition) is 1. The van der Waals surface area contributed by atoms with Crippen LogP contribution in [0.1, 0.15) is 30.4 Å². The van der Waals surface area contributed by atoms with Crippen LogP contribution in [0.4, 0.5) is 0 Å². The number of benzene rings is 1. The van der Waals surface area contributed by atoms with E-state index in [1.165, 1.54) is 11.1 Å². The van der Waals surface area contributed by atoms with Gasteiger partial charge in [0.05, 0.1) is 0 Å². The quantitative estimate of drug-likeness (QED) is 0.683. The van der Waals surface area contributed by atoms with Gasteiger partial charge in [-0.2, -0.15) is 0 Å². The molecule has 0 amide bonds. The number of fused-ring (bicyclic) bond motifs is 1. The van der Waals surface area contributed by atoms with Crippen LogP contribution in [0.5, 0.6) is 0 Å². The molecule has 2 heteroatoms. The Balaban J connectivity index is 2.38. The molecule has 2 unspecified atom stereocenters. The smallest absolute Gasteiger partial charge is 0.225 e. The van der Waals surface area contributed by atoms with Crippen LogP contribution in [-0.4, -0.2) is 5.24 Å². The summed E-state index contributed by atoms with van der Waals surface area (Å²) in [5.74, 6) is 0.329. The van der Waals surface area contributed by atoms with Crippen molar-refractivity contribution in [2.75, 3.05) is 0 Å². The van der Waals surface area contributed by atoms with Crippen molar-refractivity contribution < 1.29 is 4.79 Å². The van der Waals surface area contributed by atoms with Crippen LogP contribution in [0.2, 0.25) is 0 Å². The van der Waals surface area contributed by atoms with E-state index in [0.29, 0.717) is 5.92 Å². The van der Waals surface area contributed by atoms with Crippen LogP contribution in [0, 0.1) is 5.92 Å². The Kier molecular flexibility index (Phi) is 2.60. The van der Waals surface area contributed by atoms with Gasteiger partial charge in [-0.25, -0.2) is 0 Å². The summed E-state index contributed by atoms with van der Waals surface area (Å²) in [6.07, 6.45) is 1.80. The lowest BCUT2D eigenvalue weighted by molar-refractivity contribution is -0.115. The molecule has 0 radical (unpaired) electrons. The van der Waals surface area contributed by atoms with Gasteiger partial charge in [0, 0.05) is 5.92 Å². The Morgan fingerprint density at radius 2 is 2.21 bits per heavy atom. The standard InChI is InChI=1S/C12H13ClO/c1-2-9-10-6-4-3-5-8(10)7-11(9)12(13)14/h3-6,9,11H,2,7H2,1H3. The zero-order valence-electron chi connectivity index (χ0n) is 8.16. The van der Waals surface area contributed by atoms with E-state index in [1.54, 1.807) is 0 Å². The molecule has 0 aliphatic heterocycles. The van der Waals surface area contributed by atoms with Crippen molar-refractivity contribution in [3.05, 3.63) is 35.4 Å². The molecule has 74 valence electrons. The molecule has 1 aromatic rings. The maximum Gasteiger partial charge on any atom is 0.225 e. The molecule has 1 aliphatic carbocycles. The first-order valence-corrected chi connectivity index (χ1v) is 5.39. The lowest BCUT2D eigenvalue weighted by atomic mass is 9.91. The number of carbonyl (C=O) groups is 1. The van der Waals surface area contributed by atoms with E-state index < -0.39 is 0 Å². The summed E-state index contributed by atoms with van der Waals surface area (Å²) < 4.78 is 0. The van der Waals surface area contributed by atoms with Crippen LogP contribution < -0.4 is 0 Å². The molecule has 0 N–H and O–H groups in total. The van der Waals surface area contributed by atoms with Crippen molar-refractivity contribution in [2.24, 2.45) is 5.92 Å². The zero-order valence-corrected chi connectivity index (χ0v) is 8.92. The Bertz CT molecular complexity index is 359. The Morgan fingerprint density at radius 1 is 1.50 bits per heavy atom. The molecule has 1 nitrogen and oxygen atoms in total.